The summed E-state index contributed by atoms with van der Waals surface area (Å²) in [6, 6.07) is 7.12. The van der Waals surface area contributed by atoms with Crippen LogP contribution >= 0.6 is 0 Å². The molecule has 0 aliphatic carbocycles. The van der Waals surface area contributed by atoms with E-state index in [1.807, 2.05) is 6.07 Å². The molecule has 1 aliphatic heterocycles. The first kappa shape index (κ1) is 6.09. The normalized spacial score (nSPS) is 14.5. The molecule has 0 radical (unpaired) electrons. The first-order valence-electron chi connectivity index (χ1n) is 3.27. The molecule has 3 heteroatoms. The molecule has 0 saturated carbocycles. The Labute approximate surface area is 63.6 Å². The minimum absolute atomic E-state index is 0.0891. The van der Waals surface area contributed by atoms with Crippen LogP contribution < -0.4 is 5.73 Å². The molecule has 0 saturated heterocycles. The third-order valence-corrected chi connectivity index (χ3v) is 1.62. The summed E-state index contributed by atoms with van der Waals surface area (Å²) >= 11 is 0. The molecule has 0 aromatic heterocycles. The summed E-state index contributed by atoms with van der Waals surface area (Å²) in [5.74, 6) is -0.0770. The van der Waals surface area contributed by atoms with Gasteiger partial charge in [-0.25, -0.2) is 4.99 Å². The van der Waals surface area contributed by atoms with Crippen LogP contribution in [0.2, 0.25) is 0 Å². The largest absolute Gasteiger partial charge is 0.380 e. The highest BCUT2D eigenvalue weighted by Crippen LogP contribution is 2.24. The second-order valence-corrected chi connectivity index (χ2v) is 2.34. The van der Waals surface area contributed by atoms with Crippen LogP contribution in [0.25, 0.3) is 0 Å². The van der Waals surface area contributed by atoms with Crippen LogP contribution in [0.1, 0.15) is 10.4 Å². The summed E-state index contributed by atoms with van der Waals surface area (Å²) in [4.78, 5) is 15.0. The van der Waals surface area contributed by atoms with E-state index in [9.17, 15) is 4.79 Å². The fraction of sp³-hybridized carbons (Fsp3) is 0. The number of hydrogen-bond donors (Lipinski definition) is 1. The van der Waals surface area contributed by atoms with E-state index in [2.05, 4.69) is 4.99 Å². The van der Waals surface area contributed by atoms with Gasteiger partial charge in [-0.05, 0) is 12.1 Å². The number of rotatable bonds is 0. The predicted octanol–water partition coefficient (Wildman–Crippen LogP) is 0.872. The lowest BCUT2D eigenvalue weighted by Gasteiger charge is -1.90. The van der Waals surface area contributed by atoms with E-state index in [0.717, 1.165) is 0 Å². The number of aliphatic imine (C=N–C) groups is 1. The van der Waals surface area contributed by atoms with Gasteiger partial charge in [-0.15, -0.1) is 0 Å². The summed E-state index contributed by atoms with van der Waals surface area (Å²) in [6.45, 7) is 0. The molecule has 0 bridgehead atoms. The molecule has 1 aromatic rings. The lowest BCUT2D eigenvalue weighted by molar-refractivity contribution is 0.106. The molecule has 1 aliphatic rings. The molecular formula is C8H6N2O. The molecule has 0 atom stereocenters. The third-order valence-electron chi connectivity index (χ3n) is 1.62. The Hall–Kier alpha value is -1.64. The van der Waals surface area contributed by atoms with Crippen LogP contribution in [0.4, 0.5) is 5.69 Å². The number of amidine groups is 1. The summed E-state index contributed by atoms with van der Waals surface area (Å²) in [5, 5.41) is 0. The van der Waals surface area contributed by atoms with Gasteiger partial charge in [-0.3, -0.25) is 4.79 Å². The van der Waals surface area contributed by atoms with Crippen LogP contribution in [-0.4, -0.2) is 11.6 Å². The van der Waals surface area contributed by atoms with Gasteiger partial charge in [0.1, 0.15) is 0 Å². The van der Waals surface area contributed by atoms with Crippen molar-refractivity contribution in [1.29, 1.82) is 0 Å². The topological polar surface area (TPSA) is 55.4 Å². The number of carbonyl (C=O) groups is 1. The zero-order valence-corrected chi connectivity index (χ0v) is 5.74. The minimum atomic E-state index is -0.166. The predicted molar refractivity (Wildman–Crippen MR) is 42.1 cm³/mol. The number of para-hydroxylation sites is 1. The fourth-order valence-corrected chi connectivity index (χ4v) is 1.08. The van der Waals surface area contributed by atoms with Gasteiger partial charge in [0.15, 0.2) is 5.84 Å². The van der Waals surface area contributed by atoms with E-state index in [-0.39, 0.29) is 11.6 Å². The zero-order chi connectivity index (χ0) is 7.84. The Kier molecular flexibility index (Phi) is 1.06. The van der Waals surface area contributed by atoms with Crippen LogP contribution in [0.3, 0.4) is 0 Å². The molecule has 2 N–H and O–H groups in total. The van der Waals surface area contributed by atoms with Crippen LogP contribution in [0.15, 0.2) is 29.3 Å². The molecular weight excluding hydrogens is 140 g/mol. The monoisotopic (exact) mass is 146 g/mol. The summed E-state index contributed by atoms with van der Waals surface area (Å²) < 4.78 is 0. The number of carbonyl (C=O) groups excluding carboxylic acids is 1. The Bertz CT molecular complexity index is 355. The molecule has 0 fully saturated rings. The van der Waals surface area contributed by atoms with Gasteiger partial charge in [0.2, 0.25) is 5.78 Å². The Morgan fingerprint density at radius 3 is 2.73 bits per heavy atom. The Morgan fingerprint density at radius 1 is 1.27 bits per heavy atom. The maximum atomic E-state index is 11.1. The quantitative estimate of drug-likeness (QED) is 0.590. The molecule has 1 heterocycles. The van der Waals surface area contributed by atoms with Gasteiger partial charge in [-0.2, -0.15) is 0 Å². The van der Waals surface area contributed by atoms with Crippen molar-refractivity contribution < 1.29 is 4.79 Å². The average Bonchev–Trinajstić information content (AvgIpc) is 2.30. The van der Waals surface area contributed by atoms with Crippen molar-refractivity contribution in [2.75, 3.05) is 0 Å². The summed E-state index contributed by atoms with van der Waals surface area (Å²) in [6.07, 6.45) is 0. The SMILES string of the molecule is NC1=Nc2ccccc2C1=O. The van der Waals surface area contributed by atoms with Gasteiger partial charge in [0.25, 0.3) is 0 Å². The van der Waals surface area contributed by atoms with Crippen molar-refractivity contribution in [3.05, 3.63) is 29.8 Å². The smallest absolute Gasteiger partial charge is 0.229 e. The van der Waals surface area contributed by atoms with Crippen molar-refractivity contribution in [3.8, 4) is 0 Å². The number of fused-ring (bicyclic) bond motifs is 1. The van der Waals surface area contributed by atoms with E-state index in [1.54, 1.807) is 18.2 Å². The van der Waals surface area contributed by atoms with Crippen LogP contribution in [0, 0.1) is 0 Å². The maximum absolute atomic E-state index is 11.1. The number of hydrogen-bond acceptors (Lipinski definition) is 3. The molecule has 0 unspecified atom stereocenters. The Morgan fingerprint density at radius 2 is 2.00 bits per heavy atom. The number of nitrogens with two attached hydrogens (primary N) is 1. The van der Waals surface area contributed by atoms with E-state index in [4.69, 9.17) is 5.73 Å². The van der Waals surface area contributed by atoms with Gasteiger partial charge in [-0.1, -0.05) is 12.1 Å². The number of benzene rings is 1. The van der Waals surface area contributed by atoms with E-state index >= 15 is 0 Å². The second kappa shape index (κ2) is 1.92. The molecule has 54 valence electrons. The molecule has 3 nitrogen and oxygen atoms in total. The molecule has 2 rings (SSSR count). The fourth-order valence-electron chi connectivity index (χ4n) is 1.08. The molecule has 0 spiro atoms. The first-order valence-corrected chi connectivity index (χ1v) is 3.27. The maximum Gasteiger partial charge on any atom is 0.229 e. The average molecular weight is 146 g/mol. The van der Waals surface area contributed by atoms with Gasteiger partial charge < -0.3 is 5.73 Å². The highest BCUT2D eigenvalue weighted by Gasteiger charge is 2.20. The third kappa shape index (κ3) is 0.741. The lowest BCUT2D eigenvalue weighted by Crippen LogP contribution is -2.19. The molecule has 11 heavy (non-hydrogen) atoms. The first-order chi connectivity index (χ1) is 5.29. The van der Waals surface area contributed by atoms with Crippen molar-refractivity contribution in [3.63, 3.8) is 0 Å². The molecule has 0 amide bonds. The summed E-state index contributed by atoms with van der Waals surface area (Å²) in [7, 11) is 0. The number of nitrogens with zero attached hydrogens (tertiary/aromatic N) is 1. The summed E-state index contributed by atoms with van der Waals surface area (Å²) in [5.41, 5.74) is 6.61. The van der Waals surface area contributed by atoms with Gasteiger partial charge >= 0.3 is 0 Å². The van der Waals surface area contributed by atoms with Crippen LogP contribution in [0.5, 0.6) is 0 Å². The Balaban J connectivity index is 2.67. The second-order valence-electron chi connectivity index (χ2n) is 2.34. The van der Waals surface area contributed by atoms with E-state index in [1.165, 1.54) is 0 Å². The minimum Gasteiger partial charge on any atom is -0.380 e. The lowest BCUT2D eigenvalue weighted by atomic mass is 10.1. The van der Waals surface area contributed by atoms with Crippen molar-refractivity contribution >= 4 is 17.3 Å². The van der Waals surface area contributed by atoms with Gasteiger partial charge in [0.05, 0.1) is 11.3 Å². The highest BCUT2D eigenvalue weighted by atomic mass is 16.1. The number of ketones is 1. The number of Topliss-reactive ketones (excluding diaryl/α,β-unsaturated/α-hetero) is 1. The zero-order valence-electron chi connectivity index (χ0n) is 5.74. The van der Waals surface area contributed by atoms with Crippen molar-refractivity contribution in [1.82, 2.24) is 0 Å². The standard InChI is InChI=1S/C8H6N2O/c9-8-7(11)5-3-1-2-4-6(5)10-8/h1-4H,(H2,9,10,11). The van der Waals surface area contributed by atoms with Crippen molar-refractivity contribution in [2.24, 2.45) is 10.7 Å². The highest BCUT2D eigenvalue weighted by molar-refractivity contribution is 6.48. The van der Waals surface area contributed by atoms with Crippen molar-refractivity contribution in [2.45, 2.75) is 0 Å². The van der Waals surface area contributed by atoms with Crippen LogP contribution in [-0.2, 0) is 0 Å². The van der Waals surface area contributed by atoms with Gasteiger partial charge in [0, 0.05) is 0 Å². The molecule has 1 aromatic carbocycles. The van der Waals surface area contributed by atoms with E-state index < -0.39 is 0 Å². The van der Waals surface area contributed by atoms with E-state index in [0.29, 0.717) is 11.3 Å².